The van der Waals surface area contributed by atoms with Crippen LogP contribution < -0.4 is 11.1 Å². The second-order valence-electron chi connectivity index (χ2n) is 8.73. The lowest BCUT2D eigenvalue weighted by Gasteiger charge is -2.34. The van der Waals surface area contributed by atoms with Crippen molar-refractivity contribution >= 4 is 17.8 Å². The Morgan fingerprint density at radius 2 is 1.91 bits per heavy atom. The molecule has 0 aliphatic carbocycles. The summed E-state index contributed by atoms with van der Waals surface area (Å²) in [6.07, 6.45) is 3.71. The van der Waals surface area contributed by atoms with Crippen LogP contribution in [0.4, 0.5) is 0 Å². The van der Waals surface area contributed by atoms with E-state index >= 15 is 0 Å². The zero-order valence-electron chi connectivity index (χ0n) is 19.4. The number of nitrogens with one attached hydrogen (secondary N) is 1. The summed E-state index contributed by atoms with van der Waals surface area (Å²) in [7, 11) is 1.78. The number of hydrogen-bond donors (Lipinski definition) is 2. The lowest BCUT2D eigenvalue weighted by molar-refractivity contribution is -0.149. The monoisotopic (exact) mass is 443 g/mol. The van der Waals surface area contributed by atoms with Crippen molar-refractivity contribution in [2.24, 2.45) is 22.6 Å². The lowest BCUT2D eigenvalue weighted by Crippen LogP contribution is -2.48. The van der Waals surface area contributed by atoms with E-state index < -0.39 is 0 Å². The quantitative estimate of drug-likeness (QED) is 0.378. The molecule has 0 radical (unpaired) electrons. The molecule has 32 heavy (non-hydrogen) atoms. The molecule has 0 saturated carbocycles. The number of nitrogens with two attached hydrogens (primary N) is 1. The first-order chi connectivity index (χ1) is 15.5. The second-order valence-corrected chi connectivity index (χ2v) is 8.73. The number of rotatable bonds is 7. The molecule has 2 atom stereocenters. The van der Waals surface area contributed by atoms with Crippen molar-refractivity contribution < 1.29 is 14.3 Å². The Morgan fingerprint density at radius 1 is 1.16 bits per heavy atom. The Kier molecular flexibility index (Phi) is 8.90. The Hall–Kier alpha value is -2.61. The standard InChI is InChI=1S/C24H37N5O3/c1-3-32-23(31)21-10-6-12-29(17-21)24(26-2)27-14-18-7-4-8-19(13-18)15-28-11-5-9-20(16-28)22(25)30/h4,7-8,13,20-21H,3,5-6,9-12,14-17H2,1-2H3,(H2,25,30)(H,26,27). The molecule has 0 spiro atoms. The summed E-state index contributed by atoms with van der Waals surface area (Å²) in [5.41, 5.74) is 7.91. The van der Waals surface area contributed by atoms with Crippen molar-refractivity contribution in [1.82, 2.24) is 15.1 Å². The highest BCUT2D eigenvalue weighted by Crippen LogP contribution is 2.20. The summed E-state index contributed by atoms with van der Waals surface area (Å²) >= 11 is 0. The Balaban J connectivity index is 1.54. The number of amides is 1. The molecule has 2 fully saturated rings. The summed E-state index contributed by atoms with van der Waals surface area (Å²) in [4.78, 5) is 32.6. The van der Waals surface area contributed by atoms with Gasteiger partial charge < -0.3 is 20.7 Å². The van der Waals surface area contributed by atoms with Gasteiger partial charge in [0.15, 0.2) is 5.96 Å². The maximum atomic E-state index is 12.2. The van der Waals surface area contributed by atoms with E-state index in [4.69, 9.17) is 10.5 Å². The summed E-state index contributed by atoms with van der Waals surface area (Å²) < 4.78 is 5.21. The van der Waals surface area contributed by atoms with Crippen LogP contribution in [0.5, 0.6) is 0 Å². The first-order valence-corrected chi connectivity index (χ1v) is 11.7. The number of likely N-dealkylation sites (tertiary alicyclic amines) is 2. The number of benzene rings is 1. The summed E-state index contributed by atoms with van der Waals surface area (Å²) in [5.74, 6) is 0.363. The van der Waals surface area contributed by atoms with Crippen molar-refractivity contribution in [2.45, 2.75) is 45.7 Å². The van der Waals surface area contributed by atoms with Gasteiger partial charge in [-0.25, -0.2) is 0 Å². The molecule has 2 heterocycles. The fourth-order valence-corrected chi connectivity index (χ4v) is 4.66. The Bertz CT molecular complexity index is 813. The van der Waals surface area contributed by atoms with Crippen LogP contribution in [0.3, 0.4) is 0 Å². The summed E-state index contributed by atoms with van der Waals surface area (Å²) in [6, 6.07) is 8.50. The minimum Gasteiger partial charge on any atom is -0.466 e. The lowest BCUT2D eigenvalue weighted by atomic mass is 9.97. The Labute approximate surface area is 191 Å². The van der Waals surface area contributed by atoms with E-state index in [2.05, 4.69) is 44.4 Å². The minimum absolute atomic E-state index is 0.0418. The fourth-order valence-electron chi connectivity index (χ4n) is 4.66. The number of aliphatic imine (C=N–C) groups is 1. The average Bonchev–Trinajstić information content (AvgIpc) is 2.80. The largest absolute Gasteiger partial charge is 0.466 e. The van der Waals surface area contributed by atoms with Crippen LogP contribution in [0.15, 0.2) is 29.3 Å². The molecule has 2 aliphatic rings. The molecule has 1 aromatic carbocycles. The maximum Gasteiger partial charge on any atom is 0.310 e. The van der Waals surface area contributed by atoms with E-state index in [1.807, 2.05) is 6.92 Å². The van der Waals surface area contributed by atoms with E-state index in [1.165, 1.54) is 11.1 Å². The zero-order chi connectivity index (χ0) is 22.9. The smallest absolute Gasteiger partial charge is 0.310 e. The third-order valence-corrected chi connectivity index (χ3v) is 6.31. The molecule has 0 aromatic heterocycles. The molecule has 8 heteroatoms. The number of carbonyl (C=O) groups is 2. The van der Waals surface area contributed by atoms with Crippen LogP contribution >= 0.6 is 0 Å². The van der Waals surface area contributed by atoms with Crippen molar-refractivity contribution in [3.05, 3.63) is 35.4 Å². The molecule has 0 bridgehead atoms. The molecular weight excluding hydrogens is 406 g/mol. The van der Waals surface area contributed by atoms with Gasteiger partial charge in [-0.05, 0) is 50.3 Å². The highest BCUT2D eigenvalue weighted by molar-refractivity contribution is 5.81. The Morgan fingerprint density at radius 3 is 2.66 bits per heavy atom. The van der Waals surface area contributed by atoms with E-state index in [-0.39, 0.29) is 23.7 Å². The van der Waals surface area contributed by atoms with Crippen LogP contribution in [-0.2, 0) is 27.4 Å². The molecule has 2 saturated heterocycles. The van der Waals surface area contributed by atoms with Gasteiger partial charge in [-0.15, -0.1) is 0 Å². The summed E-state index contributed by atoms with van der Waals surface area (Å²) in [6.45, 7) is 6.98. The minimum atomic E-state index is -0.193. The van der Waals surface area contributed by atoms with Crippen molar-refractivity contribution in [2.75, 3.05) is 39.8 Å². The van der Waals surface area contributed by atoms with Gasteiger partial charge in [0.2, 0.25) is 5.91 Å². The molecule has 8 nitrogen and oxygen atoms in total. The third-order valence-electron chi connectivity index (χ3n) is 6.31. The van der Waals surface area contributed by atoms with E-state index in [0.29, 0.717) is 19.7 Å². The maximum absolute atomic E-state index is 12.2. The summed E-state index contributed by atoms with van der Waals surface area (Å²) in [5, 5.41) is 3.45. The molecule has 1 amide bonds. The number of ether oxygens (including phenoxy) is 1. The number of carbonyl (C=O) groups excluding carboxylic acids is 2. The van der Waals surface area contributed by atoms with Crippen LogP contribution in [0.1, 0.15) is 43.7 Å². The highest BCUT2D eigenvalue weighted by atomic mass is 16.5. The van der Waals surface area contributed by atoms with Gasteiger partial charge in [-0.1, -0.05) is 24.3 Å². The van der Waals surface area contributed by atoms with Crippen LogP contribution in [0, 0.1) is 11.8 Å². The van der Waals surface area contributed by atoms with Gasteiger partial charge >= 0.3 is 5.97 Å². The normalized spacial score (nSPS) is 22.4. The first-order valence-electron chi connectivity index (χ1n) is 11.7. The van der Waals surface area contributed by atoms with Crippen LogP contribution in [0.2, 0.25) is 0 Å². The number of piperidine rings is 2. The van der Waals surface area contributed by atoms with Crippen molar-refractivity contribution in [3.8, 4) is 0 Å². The number of primary amides is 1. The van der Waals surface area contributed by atoms with E-state index in [0.717, 1.165) is 57.8 Å². The topological polar surface area (TPSA) is 100 Å². The SMILES string of the molecule is CCOC(=O)C1CCCN(C(=NC)NCc2cccc(CN3CCCC(C(N)=O)C3)c2)C1. The zero-order valence-corrected chi connectivity index (χ0v) is 19.4. The molecule has 176 valence electrons. The third kappa shape index (κ3) is 6.69. The predicted molar refractivity (Wildman–Crippen MR) is 125 cm³/mol. The van der Waals surface area contributed by atoms with Gasteiger partial charge in [-0.2, -0.15) is 0 Å². The molecule has 3 rings (SSSR count). The van der Waals surface area contributed by atoms with Gasteiger partial charge in [0.05, 0.1) is 18.4 Å². The number of esters is 1. The van der Waals surface area contributed by atoms with Gasteiger partial charge in [0, 0.05) is 39.8 Å². The van der Waals surface area contributed by atoms with Crippen LogP contribution in [0.25, 0.3) is 0 Å². The van der Waals surface area contributed by atoms with Gasteiger partial charge in [0.1, 0.15) is 0 Å². The fraction of sp³-hybridized carbons (Fsp3) is 0.625. The van der Waals surface area contributed by atoms with E-state index in [1.54, 1.807) is 7.05 Å². The number of hydrogen-bond acceptors (Lipinski definition) is 5. The molecular formula is C24H37N5O3. The van der Waals surface area contributed by atoms with Crippen molar-refractivity contribution in [3.63, 3.8) is 0 Å². The van der Waals surface area contributed by atoms with E-state index in [9.17, 15) is 9.59 Å². The van der Waals surface area contributed by atoms with Gasteiger partial charge in [-0.3, -0.25) is 19.5 Å². The molecule has 3 N–H and O–H groups in total. The van der Waals surface area contributed by atoms with Crippen molar-refractivity contribution in [1.29, 1.82) is 0 Å². The van der Waals surface area contributed by atoms with Gasteiger partial charge in [0.25, 0.3) is 0 Å². The number of nitrogens with zero attached hydrogens (tertiary/aromatic N) is 3. The highest BCUT2D eigenvalue weighted by Gasteiger charge is 2.28. The second kappa shape index (κ2) is 11.9. The number of guanidine groups is 1. The predicted octanol–water partition coefficient (Wildman–Crippen LogP) is 1.73. The first kappa shape index (κ1) is 24.0. The van der Waals surface area contributed by atoms with Crippen LogP contribution in [-0.4, -0.2) is 67.5 Å². The molecule has 2 unspecified atom stereocenters. The molecule has 1 aromatic rings. The molecule has 2 aliphatic heterocycles. The average molecular weight is 444 g/mol.